The molecule has 0 fully saturated rings. The maximum atomic E-state index is 12.7. The molecule has 2 heterocycles. The number of benzene rings is 2. The molecule has 4 rings (SSSR count). The number of carbonyl (C=O) groups is 1. The van der Waals surface area contributed by atoms with Crippen LogP contribution in [0.2, 0.25) is 0 Å². The Morgan fingerprint density at radius 1 is 1.07 bits per heavy atom. The zero-order valence-electron chi connectivity index (χ0n) is 16.2. The first-order valence-corrected chi connectivity index (χ1v) is 8.95. The van der Waals surface area contributed by atoms with Gasteiger partial charge in [-0.2, -0.15) is 4.98 Å². The topological polar surface area (TPSA) is 86.5 Å². The van der Waals surface area contributed by atoms with Crippen molar-refractivity contribution in [3.05, 3.63) is 65.9 Å². The minimum atomic E-state index is -0.272. The Bertz CT molecular complexity index is 1170. The van der Waals surface area contributed by atoms with E-state index in [2.05, 4.69) is 15.3 Å². The normalized spacial score (nSPS) is 10.7. The van der Waals surface area contributed by atoms with E-state index in [-0.39, 0.29) is 5.91 Å². The molecule has 146 valence electrons. The van der Waals surface area contributed by atoms with Crippen LogP contribution in [0.15, 0.2) is 59.1 Å². The molecule has 0 aliphatic rings. The second-order valence-corrected chi connectivity index (χ2v) is 6.39. The molecule has 0 atom stereocenters. The van der Waals surface area contributed by atoms with Crippen LogP contribution in [0.1, 0.15) is 15.9 Å². The van der Waals surface area contributed by atoms with Crippen LogP contribution in [-0.4, -0.2) is 30.1 Å². The van der Waals surface area contributed by atoms with Gasteiger partial charge < -0.3 is 19.2 Å². The fraction of sp³-hybridized carbons (Fsp3) is 0.136. The summed E-state index contributed by atoms with van der Waals surface area (Å²) in [5, 5.41) is 2.92. The maximum absolute atomic E-state index is 12.7. The molecule has 1 amide bonds. The van der Waals surface area contributed by atoms with Crippen LogP contribution >= 0.6 is 0 Å². The Hall–Kier alpha value is -3.87. The van der Waals surface area contributed by atoms with Gasteiger partial charge in [0.1, 0.15) is 11.5 Å². The fourth-order valence-corrected chi connectivity index (χ4v) is 3.01. The standard InChI is InChI=1S/C22H19N3O4/c1-13-11-14(22-25-20-18(29-22)5-4-10-23-20)6-9-17(13)24-21(26)16-8-7-15(27-2)12-19(16)28-3/h4-12H,1-3H3,(H,24,26). The number of hydrogen-bond donors (Lipinski definition) is 1. The van der Waals surface area contributed by atoms with E-state index in [4.69, 9.17) is 13.9 Å². The van der Waals surface area contributed by atoms with Crippen molar-refractivity contribution in [3.63, 3.8) is 0 Å². The Balaban J connectivity index is 1.59. The highest BCUT2D eigenvalue weighted by molar-refractivity contribution is 6.06. The van der Waals surface area contributed by atoms with E-state index in [1.807, 2.05) is 31.2 Å². The summed E-state index contributed by atoms with van der Waals surface area (Å²) in [4.78, 5) is 21.3. The van der Waals surface area contributed by atoms with Gasteiger partial charge in [0.05, 0.1) is 19.8 Å². The number of carbonyl (C=O) groups excluding carboxylic acids is 1. The fourth-order valence-electron chi connectivity index (χ4n) is 3.01. The number of fused-ring (bicyclic) bond motifs is 1. The van der Waals surface area contributed by atoms with Crippen molar-refractivity contribution in [1.82, 2.24) is 9.97 Å². The van der Waals surface area contributed by atoms with Gasteiger partial charge in [0.15, 0.2) is 11.2 Å². The summed E-state index contributed by atoms with van der Waals surface area (Å²) < 4.78 is 16.3. The van der Waals surface area contributed by atoms with Crippen molar-refractivity contribution in [1.29, 1.82) is 0 Å². The predicted octanol–water partition coefficient (Wildman–Crippen LogP) is 4.47. The Morgan fingerprint density at radius 2 is 1.93 bits per heavy atom. The molecule has 0 aliphatic heterocycles. The summed E-state index contributed by atoms with van der Waals surface area (Å²) in [7, 11) is 3.08. The molecule has 0 radical (unpaired) electrons. The number of anilines is 1. The average Bonchev–Trinajstić information content (AvgIpc) is 3.18. The number of hydrogen-bond acceptors (Lipinski definition) is 6. The van der Waals surface area contributed by atoms with Gasteiger partial charge in [-0.3, -0.25) is 4.79 Å². The van der Waals surface area contributed by atoms with Crippen LogP contribution < -0.4 is 14.8 Å². The van der Waals surface area contributed by atoms with Crippen molar-refractivity contribution in [3.8, 4) is 23.0 Å². The number of aryl methyl sites for hydroxylation is 1. The van der Waals surface area contributed by atoms with E-state index in [9.17, 15) is 4.79 Å². The Labute approximate surface area is 167 Å². The number of amides is 1. The molecule has 4 aromatic rings. The van der Waals surface area contributed by atoms with E-state index in [1.54, 1.807) is 37.6 Å². The number of rotatable bonds is 5. The molecule has 7 heteroatoms. The summed E-state index contributed by atoms with van der Waals surface area (Å²) >= 11 is 0. The molecular weight excluding hydrogens is 370 g/mol. The monoisotopic (exact) mass is 389 g/mol. The minimum Gasteiger partial charge on any atom is -0.497 e. The van der Waals surface area contributed by atoms with Crippen LogP contribution in [0, 0.1) is 6.92 Å². The van der Waals surface area contributed by atoms with Gasteiger partial charge in [-0.25, -0.2) is 4.98 Å². The van der Waals surface area contributed by atoms with E-state index >= 15 is 0 Å². The molecule has 0 unspecified atom stereocenters. The zero-order chi connectivity index (χ0) is 20.4. The third-order valence-electron chi connectivity index (χ3n) is 4.54. The van der Waals surface area contributed by atoms with E-state index in [1.165, 1.54) is 7.11 Å². The van der Waals surface area contributed by atoms with Crippen LogP contribution in [0.3, 0.4) is 0 Å². The van der Waals surface area contributed by atoms with Crippen LogP contribution in [0.4, 0.5) is 5.69 Å². The highest BCUT2D eigenvalue weighted by atomic mass is 16.5. The number of aromatic nitrogens is 2. The average molecular weight is 389 g/mol. The highest BCUT2D eigenvalue weighted by Crippen LogP contribution is 2.29. The summed E-state index contributed by atoms with van der Waals surface area (Å²) in [6.45, 7) is 1.91. The lowest BCUT2D eigenvalue weighted by Gasteiger charge is -2.12. The second kappa shape index (κ2) is 7.63. The number of oxazole rings is 1. The quantitative estimate of drug-likeness (QED) is 0.542. The van der Waals surface area contributed by atoms with E-state index in [0.29, 0.717) is 39.9 Å². The van der Waals surface area contributed by atoms with Crippen LogP contribution in [0.25, 0.3) is 22.7 Å². The van der Waals surface area contributed by atoms with Gasteiger partial charge in [-0.15, -0.1) is 0 Å². The molecule has 0 bridgehead atoms. The first-order valence-electron chi connectivity index (χ1n) is 8.95. The maximum Gasteiger partial charge on any atom is 0.259 e. The third-order valence-corrected chi connectivity index (χ3v) is 4.54. The van der Waals surface area contributed by atoms with Gasteiger partial charge in [0.2, 0.25) is 5.89 Å². The van der Waals surface area contributed by atoms with Crippen molar-refractivity contribution < 1.29 is 18.7 Å². The zero-order valence-corrected chi connectivity index (χ0v) is 16.2. The smallest absolute Gasteiger partial charge is 0.259 e. The third kappa shape index (κ3) is 3.62. The Kier molecular flexibility index (Phi) is 4.87. The molecule has 0 saturated carbocycles. The lowest BCUT2D eigenvalue weighted by molar-refractivity contribution is 0.102. The van der Waals surface area contributed by atoms with Crippen molar-refractivity contribution in [2.75, 3.05) is 19.5 Å². The largest absolute Gasteiger partial charge is 0.497 e. The first-order chi connectivity index (χ1) is 14.1. The van der Waals surface area contributed by atoms with Crippen LogP contribution in [0.5, 0.6) is 11.5 Å². The van der Waals surface area contributed by atoms with Gasteiger partial charge in [0.25, 0.3) is 5.91 Å². The lowest BCUT2D eigenvalue weighted by Crippen LogP contribution is -2.14. The van der Waals surface area contributed by atoms with Gasteiger partial charge in [-0.1, -0.05) is 0 Å². The molecule has 2 aromatic heterocycles. The molecule has 2 aromatic carbocycles. The van der Waals surface area contributed by atoms with Gasteiger partial charge in [-0.05, 0) is 55.0 Å². The lowest BCUT2D eigenvalue weighted by atomic mass is 10.1. The Morgan fingerprint density at radius 3 is 2.66 bits per heavy atom. The summed E-state index contributed by atoms with van der Waals surface area (Å²) in [5.41, 5.74) is 3.97. The van der Waals surface area contributed by atoms with Crippen LogP contribution in [-0.2, 0) is 0 Å². The summed E-state index contributed by atoms with van der Waals surface area (Å²) in [6.07, 6.45) is 1.67. The first kappa shape index (κ1) is 18.5. The minimum absolute atomic E-state index is 0.272. The molecule has 0 spiro atoms. The second-order valence-electron chi connectivity index (χ2n) is 6.39. The molecule has 0 saturated heterocycles. The summed E-state index contributed by atoms with van der Waals surface area (Å²) in [5.74, 6) is 1.27. The van der Waals surface area contributed by atoms with Crippen molar-refractivity contribution in [2.45, 2.75) is 6.92 Å². The number of pyridine rings is 1. The number of nitrogens with zero attached hydrogens (tertiary/aromatic N) is 2. The SMILES string of the molecule is COc1ccc(C(=O)Nc2ccc(-c3nc4ncccc4o3)cc2C)c(OC)c1. The molecular formula is C22H19N3O4. The number of nitrogens with one attached hydrogen (secondary N) is 1. The van der Waals surface area contributed by atoms with Gasteiger partial charge in [0, 0.05) is 23.5 Å². The van der Waals surface area contributed by atoms with E-state index in [0.717, 1.165) is 11.1 Å². The number of methoxy groups -OCH3 is 2. The molecule has 29 heavy (non-hydrogen) atoms. The molecule has 7 nitrogen and oxygen atoms in total. The highest BCUT2D eigenvalue weighted by Gasteiger charge is 2.16. The van der Waals surface area contributed by atoms with Crippen molar-refractivity contribution in [2.24, 2.45) is 0 Å². The predicted molar refractivity (Wildman–Crippen MR) is 109 cm³/mol. The van der Waals surface area contributed by atoms with Gasteiger partial charge >= 0.3 is 0 Å². The molecule has 0 aliphatic carbocycles. The van der Waals surface area contributed by atoms with Crippen molar-refractivity contribution >= 4 is 22.8 Å². The molecule has 1 N–H and O–H groups in total. The summed E-state index contributed by atoms with van der Waals surface area (Å²) in [6, 6.07) is 14.3. The van der Waals surface area contributed by atoms with E-state index < -0.39 is 0 Å². The number of ether oxygens (including phenoxy) is 2.